The van der Waals surface area contributed by atoms with Gasteiger partial charge in [0.2, 0.25) is 0 Å². The molecule has 1 aromatic rings. The first kappa shape index (κ1) is 14.4. The Bertz CT molecular complexity index is 448. The van der Waals surface area contributed by atoms with Crippen LogP contribution in [0.15, 0.2) is 18.2 Å². The SMILES string of the molecule is CSCC(C)CNC(=O)c1cccc2c1CCNC2. The number of carbonyl (C=O) groups is 1. The summed E-state index contributed by atoms with van der Waals surface area (Å²) < 4.78 is 0. The third kappa shape index (κ3) is 3.74. The minimum Gasteiger partial charge on any atom is -0.352 e. The number of nitrogens with one attached hydrogen (secondary N) is 2. The monoisotopic (exact) mass is 278 g/mol. The van der Waals surface area contributed by atoms with Gasteiger partial charge in [-0.15, -0.1) is 0 Å². The number of hydrogen-bond acceptors (Lipinski definition) is 3. The first-order valence-electron chi connectivity index (χ1n) is 6.81. The molecule has 1 aliphatic heterocycles. The van der Waals surface area contributed by atoms with Gasteiger partial charge in [0, 0.05) is 18.7 Å². The second-order valence-corrected chi connectivity index (χ2v) is 6.05. The summed E-state index contributed by atoms with van der Waals surface area (Å²) in [6.07, 6.45) is 3.04. The summed E-state index contributed by atoms with van der Waals surface area (Å²) in [4.78, 5) is 12.3. The smallest absolute Gasteiger partial charge is 0.251 e. The van der Waals surface area contributed by atoms with Gasteiger partial charge in [-0.25, -0.2) is 0 Å². The average Bonchev–Trinajstić information content (AvgIpc) is 2.44. The van der Waals surface area contributed by atoms with Crippen molar-refractivity contribution in [2.24, 2.45) is 5.92 Å². The second kappa shape index (κ2) is 6.96. The normalized spacial score (nSPS) is 15.7. The van der Waals surface area contributed by atoms with Gasteiger partial charge >= 0.3 is 0 Å². The lowest BCUT2D eigenvalue weighted by molar-refractivity contribution is 0.0948. The lowest BCUT2D eigenvalue weighted by Gasteiger charge is -2.20. The molecule has 2 rings (SSSR count). The molecule has 1 atom stereocenters. The second-order valence-electron chi connectivity index (χ2n) is 5.14. The van der Waals surface area contributed by atoms with E-state index in [0.717, 1.165) is 37.4 Å². The van der Waals surface area contributed by atoms with Gasteiger partial charge in [-0.2, -0.15) is 11.8 Å². The molecule has 1 aliphatic rings. The van der Waals surface area contributed by atoms with Crippen LogP contribution in [0, 0.1) is 5.92 Å². The van der Waals surface area contributed by atoms with E-state index in [0.29, 0.717) is 5.92 Å². The van der Waals surface area contributed by atoms with Crippen LogP contribution in [-0.2, 0) is 13.0 Å². The van der Waals surface area contributed by atoms with Crippen molar-refractivity contribution >= 4 is 17.7 Å². The van der Waals surface area contributed by atoms with Crippen LogP contribution in [0.5, 0.6) is 0 Å². The molecule has 0 spiro atoms. The van der Waals surface area contributed by atoms with E-state index in [1.54, 1.807) is 0 Å². The van der Waals surface area contributed by atoms with E-state index in [2.05, 4.69) is 29.9 Å². The van der Waals surface area contributed by atoms with Crippen LogP contribution in [0.3, 0.4) is 0 Å². The van der Waals surface area contributed by atoms with Crippen molar-refractivity contribution in [1.82, 2.24) is 10.6 Å². The number of fused-ring (bicyclic) bond motifs is 1. The summed E-state index contributed by atoms with van der Waals surface area (Å²) in [7, 11) is 0. The van der Waals surface area contributed by atoms with E-state index in [9.17, 15) is 4.79 Å². The quantitative estimate of drug-likeness (QED) is 0.866. The third-order valence-corrected chi connectivity index (χ3v) is 4.35. The molecule has 2 N–H and O–H groups in total. The van der Waals surface area contributed by atoms with Crippen molar-refractivity contribution < 1.29 is 4.79 Å². The Labute approximate surface area is 119 Å². The molecule has 19 heavy (non-hydrogen) atoms. The highest BCUT2D eigenvalue weighted by molar-refractivity contribution is 7.98. The number of amides is 1. The van der Waals surface area contributed by atoms with Crippen LogP contribution >= 0.6 is 11.8 Å². The number of thioether (sulfide) groups is 1. The molecule has 0 aliphatic carbocycles. The van der Waals surface area contributed by atoms with Crippen molar-refractivity contribution in [2.45, 2.75) is 19.9 Å². The average molecular weight is 278 g/mol. The van der Waals surface area contributed by atoms with Crippen molar-refractivity contribution in [2.75, 3.05) is 25.1 Å². The van der Waals surface area contributed by atoms with Crippen LogP contribution in [0.4, 0.5) is 0 Å². The summed E-state index contributed by atoms with van der Waals surface area (Å²) in [5, 5.41) is 6.40. The Balaban J connectivity index is 2.03. The molecule has 0 aromatic heterocycles. The largest absolute Gasteiger partial charge is 0.352 e. The highest BCUT2D eigenvalue weighted by Crippen LogP contribution is 2.18. The molecule has 0 fully saturated rings. The fourth-order valence-corrected chi connectivity index (χ4v) is 3.14. The summed E-state index contributed by atoms with van der Waals surface area (Å²) in [5.74, 6) is 1.67. The molecule has 0 saturated carbocycles. The Morgan fingerprint density at radius 2 is 2.37 bits per heavy atom. The number of rotatable bonds is 5. The Kier molecular flexibility index (Phi) is 5.28. The zero-order valence-electron chi connectivity index (χ0n) is 11.7. The van der Waals surface area contributed by atoms with E-state index in [1.165, 1.54) is 11.1 Å². The van der Waals surface area contributed by atoms with E-state index in [1.807, 2.05) is 23.9 Å². The van der Waals surface area contributed by atoms with Crippen molar-refractivity contribution in [3.05, 3.63) is 34.9 Å². The van der Waals surface area contributed by atoms with Crippen LogP contribution in [0.25, 0.3) is 0 Å². The lowest BCUT2D eigenvalue weighted by Crippen LogP contribution is -2.32. The fourth-order valence-electron chi connectivity index (χ4n) is 2.45. The molecular weight excluding hydrogens is 256 g/mol. The van der Waals surface area contributed by atoms with Gasteiger partial charge in [0.05, 0.1) is 0 Å². The zero-order valence-corrected chi connectivity index (χ0v) is 12.5. The predicted molar refractivity (Wildman–Crippen MR) is 81.7 cm³/mol. The van der Waals surface area contributed by atoms with Gasteiger partial charge in [0.15, 0.2) is 0 Å². The van der Waals surface area contributed by atoms with E-state index >= 15 is 0 Å². The first-order valence-corrected chi connectivity index (χ1v) is 8.20. The zero-order chi connectivity index (χ0) is 13.7. The maximum Gasteiger partial charge on any atom is 0.251 e. The van der Waals surface area contributed by atoms with Gasteiger partial charge in [-0.05, 0) is 48.1 Å². The molecule has 1 amide bonds. The molecule has 3 nitrogen and oxygen atoms in total. The molecule has 1 unspecified atom stereocenters. The third-order valence-electron chi connectivity index (χ3n) is 3.45. The Morgan fingerprint density at radius 1 is 1.53 bits per heavy atom. The van der Waals surface area contributed by atoms with Crippen LogP contribution in [0.2, 0.25) is 0 Å². The van der Waals surface area contributed by atoms with Crippen LogP contribution in [-0.4, -0.2) is 31.0 Å². The minimum absolute atomic E-state index is 0.0757. The van der Waals surface area contributed by atoms with Crippen molar-refractivity contribution in [3.63, 3.8) is 0 Å². The van der Waals surface area contributed by atoms with Gasteiger partial charge in [0.1, 0.15) is 0 Å². The summed E-state index contributed by atoms with van der Waals surface area (Å²) >= 11 is 1.82. The van der Waals surface area contributed by atoms with Gasteiger partial charge < -0.3 is 10.6 Å². The molecule has 4 heteroatoms. The molecular formula is C15H22N2OS. The molecule has 0 radical (unpaired) electrons. The molecule has 0 saturated heterocycles. The topological polar surface area (TPSA) is 41.1 Å². The Hall–Kier alpha value is -1.00. The predicted octanol–water partition coefficient (Wildman–Crippen LogP) is 2.06. The summed E-state index contributed by atoms with van der Waals surface area (Å²) in [5.41, 5.74) is 3.34. The van der Waals surface area contributed by atoms with E-state index in [-0.39, 0.29) is 5.91 Å². The van der Waals surface area contributed by atoms with Crippen molar-refractivity contribution in [1.29, 1.82) is 0 Å². The number of benzene rings is 1. The van der Waals surface area contributed by atoms with E-state index in [4.69, 9.17) is 0 Å². The van der Waals surface area contributed by atoms with Gasteiger partial charge in [-0.3, -0.25) is 4.79 Å². The highest BCUT2D eigenvalue weighted by Gasteiger charge is 2.17. The van der Waals surface area contributed by atoms with Crippen LogP contribution in [0.1, 0.15) is 28.4 Å². The standard InChI is InChI=1S/C15H22N2OS/c1-11(10-19-2)8-17-15(18)14-5-3-4-12-9-16-7-6-13(12)14/h3-5,11,16H,6-10H2,1-2H3,(H,17,18). The number of carbonyl (C=O) groups excluding carboxylic acids is 1. The molecule has 0 bridgehead atoms. The summed E-state index contributed by atoms with van der Waals surface area (Å²) in [6.45, 7) is 4.75. The Morgan fingerprint density at radius 3 is 3.16 bits per heavy atom. The van der Waals surface area contributed by atoms with Crippen LogP contribution < -0.4 is 10.6 Å². The highest BCUT2D eigenvalue weighted by atomic mass is 32.2. The van der Waals surface area contributed by atoms with Crippen molar-refractivity contribution in [3.8, 4) is 0 Å². The minimum atomic E-state index is 0.0757. The van der Waals surface area contributed by atoms with E-state index < -0.39 is 0 Å². The van der Waals surface area contributed by atoms with Gasteiger partial charge in [-0.1, -0.05) is 19.1 Å². The maximum atomic E-state index is 12.3. The lowest BCUT2D eigenvalue weighted by atomic mass is 9.95. The van der Waals surface area contributed by atoms with Gasteiger partial charge in [0.25, 0.3) is 5.91 Å². The molecule has 1 heterocycles. The molecule has 104 valence electrons. The maximum absolute atomic E-state index is 12.3. The molecule has 1 aromatic carbocycles. The summed E-state index contributed by atoms with van der Waals surface area (Å²) in [6, 6.07) is 6.03. The fraction of sp³-hybridized carbons (Fsp3) is 0.533. The number of hydrogen-bond donors (Lipinski definition) is 2. The first-order chi connectivity index (χ1) is 9.22.